The highest BCUT2D eigenvalue weighted by molar-refractivity contribution is 7.90. The van der Waals surface area contributed by atoms with Gasteiger partial charge < -0.3 is 30.7 Å². The number of nitrogens with one attached hydrogen (secondary N) is 2. The fourth-order valence-corrected chi connectivity index (χ4v) is 6.72. The zero-order valence-electron chi connectivity index (χ0n) is 30.5. The number of ketones is 1. The van der Waals surface area contributed by atoms with Crippen molar-refractivity contribution in [2.24, 2.45) is 4.99 Å². The van der Waals surface area contributed by atoms with E-state index in [1.54, 1.807) is 14.0 Å². The van der Waals surface area contributed by atoms with E-state index in [1.807, 2.05) is 45.9 Å². The average Bonchev–Trinajstić information content (AvgIpc) is 3.13. The third-order valence-corrected chi connectivity index (χ3v) is 10.9. The molecule has 4 N–H and O–H groups in total. The van der Waals surface area contributed by atoms with Crippen molar-refractivity contribution in [3.8, 4) is 0 Å². The Labute approximate surface area is 305 Å². The Morgan fingerprint density at radius 3 is 2.21 bits per heavy atom. The van der Waals surface area contributed by atoms with Crippen LogP contribution in [-0.2, 0) is 15.0 Å². The molecule has 0 bridgehead atoms. The van der Waals surface area contributed by atoms with Gasteiger partial charge >= 0.3 is 10.2 Å². The van der Waals surface area contributed by atoms with E-state index in [4.69, 9.17) is 5.73 Å². The number of nitrogens with zero attached hydrogens (tertiary/aromatic N) is 7. The first-order valence-electron chi connectivity index (χ1n) is 17.1. The van der Waals surface area contributed by atoms with Crippen molar-refractivity contribution in [1.29, 1.82) is 0 Å². The summed E-state index contributed by atoms with van der Waals surface area (Å²) in [7, 11) is -1.01. The fraction of sp³-hybridized carbons (Fsp3) is 0.457. The summed E-state index contributed by atoms with van der Waals surface area (Å²) in [4.78, 5) is 41.1. The van der Waals surface area contributed by atoms with Crippen LogP contribution < -0.4 is 20.7 Å². The molecule has 0 saturated carbocycles. The van der Waals surface area contributed by atoms with E-state index in [2.05, 4.69) is 31.4 Å². The molecule has 0 aliphatic carbocycles. The van der Waals surface area contributed by atoms with E-state index < -0.39 is 45.0 Å². The van der Waals surface area contributed by atoms with Crippen LogP contribution in [0.4, 0.5) is 25.8 Å². The van der Waals surface area contributed by atoms with Gasteiger partial charge in [0, 0.05) is 102 Å². The second-order valence-corrected chi connectivity index (χ2v) is 14.5. The number of guanidine groups is 1. The largest absolute Gasteiger partial charge is 0.399 e. The number of anilines is 3. The second-order valence-electron chi connectivity index (χ2n) is 12.7. The van der Waals surface area contributed by atoms with Crippen molar-refractivity contribution in [2.45, 2.75) is 26.9 Å². The molecule has 2 aliphatic rings. The Morgan fingerprint density at radius 1 is 1.00 bits per heavy atom. The first kappa shape index (κ1) is 40.0. The molecular weight excluding hydrogens is 695 g/mol. The molecule has 284 valence electrons. The minimum Gasteiger partial charge on any atom is -0.399 e. The number of hydrogen-bond donors (Lipinski definition) is 3. The molecule has 4 rings (SSSR count). The number of carbonyl (C=O) groups excluding carboxylic acids is 2. The molecule has 2 saturated heterocycles. The maximum absolute atomic E-state index is 15.3. The van der Waals surface area contributed by atoms with Crippen LogP contribution in [0.15, 0.2) is 65.9 Å². The van der Waals surface area contributed by atoms with Gasteiger partial charge in [-0.05, 0) is 50.2 Å². The number of piperazine rings is 2. The van der Waals surface area contributed by atoms with Gasteiger partial charge in [0.25, 0.3) is 0 Å². The number of rotatable bonds is 13. The molecule has 2 aliphatic heterocycles. The fourth-order valence-electron chi connectivity index (χ4n) is 5.79. The molecule has 0 spiro atoms. The normalized spacial score (nSPS) is 16.9. The molecule has 1 amide bonds. The number of aliphatic imine (C=N–C) groups is 1. The number of hydrogen-bond acceptors (Lipinski definition) is 9. The van der Waals surface area contributed by atoms with E-state index in [-0.39, 0.29) is 18.0 Å². The maximum atomic E-state index is 15.3. The Balaban J connectivity index is 1.31. The number of amides is 1. The summed E-state index contributed by atoms with van der Waals surface area (Å²) in [6.45, 7) is 14.4. The molecule has 52 heavy (non-hydrogen) atoms. The molecule has 17 heteroatoms. The lowest BCUT2D eigenvalue weighted by atomic mass is 10.0. The van der Waals surface area contributed by atoms with Crippen molar-refractivity contribution in [3.05, 3.63) is 78.1 Å². The van der Waals surface area contributed by atoms with Crippen LogP contribution in [0, 0.1) is 11.6 Å². The van der Waals surface area contributed by atoms with Crippen LogP contribution in [0.1, 0.15) is 31.1 Å². The van der Waals surface area contributed by atoms with Gasteiger partial charge in [-0.2, -0.15) is 12.7 Å². The maximum Gasteiger partial charge on any atom is 0.301 e. The smallest absolute Gasteiger partial charge is 0.301 e. The van der Waals surface area contributed by atoms with Crippen LogP contribution >= 0.6 is 0 Å². The summed E-state index contributed by atoms with van der Waals surface area (Å²) in [6, 6.07) is 9.59. The number of carbonyl (C=O) groups is 2. The Kier molecular flexibility index (Phi) is 13.6. The summed E-state index contributed by atoms with van der Waals surface area (Å²) in [6.07, 6.45) is 2.34. The van der Waals surface area contributed by atoms with Crippen molar-refractivity contribution >= 4 is 44.9 Å². The Bertz CT molecular complexity index is 1760. The van der Waals surface area contributed by atoms with Gasteiger partial charge in [0.2, 0.25) is 11.9 Å². The highest BCUT2D eigenvalue weighted by atomic mass is 32.2. The minimum absolute atomic E-state index is 0.00950. The Hall–Kier alpha value is -4.74. The second kappa shape index (κ2) is 17.7. The molecule has 1 atom stereocenters. The lowest BCUT2D eigenvalue weighted by Crippen LogP contribution is -2.58. The minimum atomic E-state index is -4.11. The molecule has 0 radical (unpaired) electrons. The average molecular weight is 745 g/mol. The molecule has 14 nitrogen and oxygen atoms in total. The van der Waals surface area contributed by atoms with Crippen LogP contribution in [0.3, 0.4) is 0 Å². The molecule has 2 heterocycles. The molecular formula is C35H50F2N10O4S. The van der Waals surface area contributed by atoms with Crippen molar-refractivity contribution in [1.82, 2.24) is 29.2 Å². The van der Waals surface area contributed by atoms with Crippen LogP contribution in [0.25, 0.3) is 0 Å². The number of halogens is 2. The van der Waals surface area contributed by atoms with Crippen LogP contribution in [0.5, 0.6) is 0 Å². The van der Waals surface area contributed by atoms with E-state index in [1.165, 1.54) is 26.4 Å². The van der Waals surface area contributed by atoms with E-state index >= 15 is 4.39 Å². The highest BCUT2D eigenvalue weighted by Gasteiger charge is 2.29. The molecule has 2 aromatic rings. The summed E-state index contributed by atoms with van der Waals surface area (Å²) >= 11 is 0. The zero-order chi connectivity index (χ0) is 38.2. The van der Waals surface area contributed by atoms with Gasteiger partial charge in [0.05, 0.1) is 24.0 Å². The zero-order valence-corrected chi connectivity index (χ0v) is 31.3. The third-order valence-electron chi connectivity index (χ3n) is 9.32. The lowest BCUT2D eigenvalue weighted by Gasteiger charge is -2.41. The van der Waals surface area contributed by atoms with Gasteiger partial charge in [-0.3, -0.25) is 19.2 Å². The lowest BCUT2D eigenvalue weighted by molar-refractivity contribution is -0.133. The third kappa shape index (κ3) is 9.77. The van der Waals surface area contributed by atoms with E-state index in [9.17, 15) is 22.4 Å². The SMILES string of the molecule is C=C/N=C(/N1CCN(C(=O)CN2CCN(c3ccc(N)cc3)CC2)CC1)N(C)C(C)N/C=C(\C)C(=O)c1c(F)ccc(NS(=O)(=O)N(C)CC)c1F. The van der Waals surface area contributed by atoms with Crippen LogP contribution in [0.2, 0.25) is 0 Å². The van der Waals surface area contributed by atoms with Crippen molar-refractivity contribution < 1.29 is 26.8 Å². The highest BCUT2D eigenvalue weighted by Crippen LogP contribution is 2.25. The number of nitrogen functional groups attached to an aromatic ring is 1. The van der Waals surface area contributed by atoms with Crippen molar-refractivity contribution in [3.63, 3.8) is 0 Å². The van der Waals surface area contributed by atoms with E-state index in [0.717, 1.165) is 54.0 Å². The van der Waals surface area contributed by atoms with Gasteiger partial charge in [0.15, 0.2) is 11.6 Å². The summed E-state index contributed by atoms with van der Waals surface area (Å²) in [5.41, 5.74) is 6.24. The summed E-state index contributed by atoms with van der Waals surface area (Å²) in [5, 5.41) is 3.07. The monoisotopic (exact) mass is 744 g/mol. The van der Waals surface area contributed by atoms with Crippen molar-refractivity contribution in [2.75, 3.05) is 94.9 Å². The quantitative estimate of drug-likeness (QED) is 0.0698. The number of benzene rings is 2. The number of Topliss-reactive ketones (excluding diaryl/α,β-unsaturated/α-hetero) is 1. The van der Waals surface area contributed by atoms with Crippen LogP contribution in [-0.4, -0.2) is 136 Å². The molecule has 0 aromatic heterocycles. The van der Waals surface area contributed by atoms with Gasteiger partial charge in [0.1, 0.15) is 5.82 Å². The summed E-state index contributed by atoms with van der Waals surface area (Å²) in [5.74, 6) is -2.72. The first-order chi connectivity index (χ1) is 24.7. The predicted molar refractivity (Wildman–Crippen MR) is 201 cm³/mol. The molecule has 2 fully saturated rings. The van der Waals surface area contributed by atoms with E-state index in [0.29, 0.717) is 38.7 Å². The molecule has 1 unspecified atom stereocenters. The number of allylic oxidation sites excluding steroid dienone is 1. The van der Waals surface area contributed by atoms with Gasteiger partial charge in [-0.15, -0.1) is 0 Å². The van der Waals surface area contributed by atoms with Gasteiger partial charge in [-0.1, -0.05) is 13.5 Å². The Morgan fingerprint density at radius 2 is 1.62 bits per heavy atom. The molecule has 2 aromatic carbocycles. The predicted octanol–water partition coefficient (Wildman–Crippen LogP) is 2.58. The first-order valence-corrected chi connectivity index (χ1v) is 18.6. The number of nitrogens with two attached hydrogens (primary N) is 1. The summed E-state index contributed by atoms with van der Waals surface area (Å²) < 4.78 is 57.9. The topological polar surface area (TPSA) is 150 Å². The standard InChI is InChI=1S/C35H50F2N10O4S/c1-7-39-35(47-21-19-46(20-22-47)31(48)24-44-15-17-45(18-16-44)28-11-9-27(38)10-12-28)43(6)26(4)40-23-25(3)34(49)32-29(36)13-14-30(33(32)37)41-52(50,51)42(5)8-2/h7,9-14,23,26,40-41H,1,8,15-22,24,38H2,2-6H3/b25-23+,39-35+. The van der Waals surface area contributed by atoms with Gasteiger partial charge in [-0.25, -0.2) is 13.8 Å².